The van der Waals surface area contributed by atoms with Crippen LogP contribution in [-0.2, 0) is 4.74 Å². The van der Waals surface area contributed by atoms with Gasteiger partial charge < -0.3 is 31.4 Å². The van der Waals surface area contributed by atoms with E-state index in [0.29, 0.717) is 47.9 Å². The number of nitrogens with zero attached hydrogens (tertiary/aromatic N) is 2. The molecule has 0 spiro atoms. The first-order valence-electron chi connectivity index (χ1n) is 10.2. The Morgan fingerprint density at radius 1 is 1.35 bits per heavy atom. The Balaban J connectivity index is 1.88. The molecule has 164 valence electrons. The molecule has 31 heavy (non-hydrogen) atoms. The number of pyridine rings is 1. The van der Waals surface area contributed by atoms with Gasteiger partial charge in [0.05, 0.1) is 17.9 Å². The number of carbonyl (C=O) groups is 1. The number of aromatic hydroxyl groups is 1. The summed E-state index contributed by atoms with van der Waals surface area (Å²) in [5.74, 6) is 0.0660. The van der Waals surface area contributed by atoms with Crippen LogP contribution in [0.1, 0.15) is 27.0 Å². The van der Waals surface area contributed by atoms with Crippen LogP contribution in [0.4, 0.5) is 5.82 Å². The number of benzene rings is 1. The highest BCUT2D eigenvalue weighted by molar-refractivity contribution is 6.11. The second kappa shape index (κ2) is 8.09. The Bertz CT molecular complexity index is 1160. The molecule has 2 aromatic heterocycles. The van der Waals surface area contributed by atoms with Crippen LogP contribution >= 0.6 is 0 Å². The summed E-state index contributed by atoms with van der Waals surface area (Å²) in [4.78, 5) is 16.9. The zero-order valence-electron chi connectivity index (χ0n) is 17.9. The lowest BCUT2D eigenvalue weighted by Gasteiger charge is -2.23. The van der Waals surface area contributed by atoms with Crippen molar-refractivity contribution in [3.63, 3.8) is 0 Å². The molecule has 1 aromatic carbocycles. The lowest BCUT2D eigenvalue weighted by Crippen LogP contribution is -2.41. The van der Waals surface area contributed by atoms with Crippen molar-refractivity contribution in [2.24, 2.45) is 5.73 Å². The van der Waals surface area contributed by atoms with Crippen LogP contribution < -0.4 is 21.5 Å². The maximum Gasteiger partial charge on any atom is 0.253 e. The van der Waals surface area contributed by atoms with Gasteiger partial charge >= 0.3 is 0 Å². The van der Waals surface area contributed by atoms with Crippen molar-refractivity contribution < 1.29 is 19.4 Å². The van der Waals surface area contributed by atoms with Crippen molar-refractivity contribution in [1.29, 1.82) is 0 Å². The summed E-state index contributed by atoms with van der Waals surface area (Å²) in [7, 11) is 0. The second-order valence-electron chi connectivity index (χ2n) is 7.82. The number of primary amides is 1. The summed E-state index contributed by atoms with van der Waals surface area (Å²) in [5.41, 5.74) is 15.6. The van der Waals surface area contributed by atoms with Gasteiger partial charge in [0, 0.05) is 29.6 Å². The van der Waals surface area contributed by atoms with Gasteiger partial charge in [-0.1, -0.05) is 6.07 Å². The van der Waals surface area contributed by atoms with Gasteiger partial charge in [0.1, 0.15) is 24.3 Å². The molecule has 1 aliphatic rings. The number of nitrogens with two attached hydrogens (primary N) is 2. The predicted molar refractivity (Wildman–Crippen MR) is 118 cm³/mol. The highest BCUT2D eigenvalue weighted by Crippen LogP contribution is 2.37. The first kappa shape index (κ1) is 21.0. The molecule has 0 radical (unpaired) electrons. The lowest BCUT2D eigenvalue weighted by atomic mass is 10.1. The Labute approximate surface area is 180 Å². The van der Waals surface area contributed by atoms with E-state index in [-0.39, 0.29) is 23.2 Å². The van der Waals surface area contributed by atoms with Crippen LogP contribution in [0.25, 0.3) is 16.7 Å². The number of nitrogen functional groups attached to an aromatic ring is 1. The van der Waals surface area contributed by atoms with Crippen LogP contribution in [0.3, 0.4) is 0 Å². The molecule has 1 atom stereocenters. The molecule has 0 bridgehead atoms. The van der Waals surface area contributed by atoms with E-state index in [2.05, 4.69) is 5.32 Å². The smallest absolute Gasteiger partial charge is 0.253 e. The SMILES string of the molecule is Cc1cc2c(C(N)=O)c(N)n(-c3c(C)ccc(O)c3C)c2nc1OCC1CNCCO1. The van der Waals surface area contributed by atoms with Crippen molar-refractivity contribution in [2.75, 3.05) is 32.0 Å². The molecule has 3 aromatic rings. The van der Waals surface area contributed by atoms with Gasteiger partial charge in [-0.15, -0.1) is 0 Å². The summed E-state index contributed by atoms with van der Waals surface area (Å²) in [6.07, 6.45) is -0.0701. The van der Waals surface area contributed by atoms with E-state index in [1.165, 1.54) is 0 Å². The standard InChI is InChI=1S/C22H27N5O4/c1-11-4-5-16(28)13(3)18(11)27-19(23)17(20(24)29)15-8-12(2)22(26-21(15)27)31-10-14-9-25-6-7-30-14/h4-5,8,14,25,28H,6-7,9-10,23H2,1-3H3,(H2,24,29). The van der Waals surface area contributed by atoms with Crippen molar-refractivity contribution in [3.05, 3.63) is 40.5 Å². The third-order valence-corrected chi connectivity index (χ3v) is 5.61. The molecule has 1 fully saturated rings. The van der Waals surface area contributed by atoms with Gasteiger partial charge in [0.2, 0.25) is 5.88 Å². The number of phenolic OH excluding ortho intramolecular Hbond substituents is 1. The minimum absolute atomic E-state index is 0.0701. The van der Waals surface area contributed by atoms with Gasteiger partial charge in [-0.05, 0) is 38.5 Å². The number of aromatic nitrogens is 2. The minimum atomic E-state index is -0.645. The van der Waals surface area contributed by atoms with Crippen molar-refractivity contribution in [3.8, 4) is 17.3 Å². The van der Waals surface area contributed by atoms with Gasteiger partial charge in [0.25, 0.3) is 5.91 Å². The fourth-order valence-corrected chi connectivity index (χ4v) is 4.00. The average Bonchev–Trinajstić information content (AvgIpc) is 3.01. The number of hydrogen-bond donors (Lipinski definition) is 4. The Morgan fingerprint density at radius 2 is 2.13 bits per heavy atom. The van der Waals surface area contributed by atoms with Gasteiger partial charge in [0.15, 0.2) is 5.65 Å². The summed E-state index contributed by atoms with van der Waals surface area (Å²) in [5, 5.41) is 14.1. The molecule has 6 N–H and O–H groups in total. The molecule has 0 saturated carbocycles. The number of anilines is 1. The quantitative estimate of drug-likeness (QED) is 0.488. The van der Waals surface area contributed by atoms with Crippen LogP contribution in [-0.4, -0.2) is 53.0 Å². The van der Waals surface area contributed by atoms with E-state index in [9.17, 15) is 9.90 Å². The normalized spacial score (nSPS) is 16.5. The van der Waals surface area contributed by atoms with Crippen LogP contribution in [0.15, 0.2) is 18.2 Å². The van der Waals surface area contributed by atoms with E-state index in [0.717, 1.165) is 17.7 Å². The summed E-state index contributed by atoms with van der Waals surface area (Å²) in [6, 6.07) is 5.21. The monoisotopic (exact) mass is 425 g/mol. The number of amides is 1. The highest BCUT2D eigenvalue weighted by Gasteiger charge is 2.25. The maximum absolute atomic E-state index is 12.2. The third-order valence-electron chi connectivity index (χ3n) is 5.61. The first-order chi connectivity index (χ1) is 14.8. The Hall–Kier alpha value is -3.30. The molecular weight excluding hydrogens is 398 g/mol. The number of nitrogens with one attached hydrogen (secondary N) is 1. The van der Waals surface area contributed by atoms with Crippen LogP contribution in [0.2, 0.25) is 0 Å². The molecule has 0 aliphatic carbocycles. The Kier molecular flexibility index (Phi) is 5.47. The van der Waals surface area contributed by atoms with Crippen LogP contribution in [0.5, 0.6) is 11.6 Å². The van der Waals surface area contributed by atoms with Gasteiger partial charge in [-0.3, -0.25) is 9.36 Å². The van der Waals surface area contributed by atoms with E-state index >= 15 is 0 Å². The third kappa shape index (κ3) is 3.66. The Morgan fingerprint density at radius 3 is 2.81 bits per heavy atom. The number of phenols is 1. The fraction of sp³-hybridized carbons (Fsp3) is 0.364. The number of hydrogen-bond acceptors (Lipinski definition) is 7. The average molecular weight is 425 g/mol. The fourth-order valence-electron chi connectivity index (χ4n) is 4.00. The van der Waals surface area contributed by atoms with E-state index < -0.39 is 5.91 Å². The van der Waals surface area contributed by atoms with Gasteiger partial charge in [-0.2, -0.15) is 4.98 Å². The topological polar surface area (TPSA) is 138 Å². The van der Waals surface area contributed by atoms with E-state index in [1.807, 2.05) is 13.8 Å². The molecule has 1 aliphatic heterocycles. The molecule has 9 nitrogen and oxygen atoms in total. The van der Waals surface area contributed by atoms with Crippen LogP contribution in [0, 0.1) is 20.8 Å². The number of ether oxygens (including phenoxy) is 2. The van der Waals surface area contributed by atoms with Crippen molar-refractivity contribution in [1.82, 2.24) is 14.9 Å². The summed E-state index contributed by atoms with van der Waals surface area (Å²) in [6.45, 7) is 8.04. The molecular formula is C22H27N5O4. The lowest BCUT2D eigenvalue weighted by molar-refractivity contribution is -0.000823. The molecule has 1 unspecified atom stereocenters. The number of fused-ring (bicyclic) bond motifs is 1. The largest absolute Gasteiger partial charge is 0.508 e. The minimum Gasteiger partial charge on any atom is -0.508 e. The molecule has 1 saturated heterocycles. The number of morpholine rings is 1. The number of aryl methyl sites for hydroxylation is 2. The molecule has 4 rings (SSSR count). The van der Waals surface area contributed by atoms with E-state index in [1.54, 1.807) is 29.7 Å². The number of carbonyl (C=O) groups excluding carboxylic acids is 1. The molecule has 9 heteroatoms. The summed E-state index contributed by atoms with van der Waals surface area (Å²) >= 11 is 0. The first-order valence-corrected chi connectivity index (χ1v) is 10.2. The number of rotatable bonds is 5. The highest BCUT2D eigenvalue weighted by atomic mass is 16.5. The van der Waals surface area contributed by atoms with Crippen molar-refractivity contribution >= 4 is 22.8 Å². The zero-order chi connectivity index (χ0) is 22.3. The maximum atomic E-state index is 12.2. The zero-order valence-corrected chi connectivity index (χ0v) is 17.9. The van der Waals surface area contributed by atoms with Gasteiger partial charge in [-0.25, -0.2) is 0 Å². The van der Waals surface area contributed by atoms with E-state index in [4.69, 9.17) is 25.9 Å². The second-order valence-corrected chi connectivity index (χ2v) is 7.82. The molecule has 1 amide bonds. The summed E-state index contributed by atoms with van der Waals surface area (Å²) < 4.78 is 13.3. The van der Waals surface area contributed by atoms with Crippen molar-refractivity contribution in [2.45, 2.75) is 26.9 Å². The molecule has 3 heterocycles. The predicted octanol–water partition coefficient (Wildman–Crippen LogP) is 1.70.